The van der Waals surface area contributed by atoms with Gasteiger partial charge in [-0.3, -0.25) is 0 Å². The lowest BCUT2D eigenvalue weighted by Crippen LogP contribution is -2.15. The molecular formula is C57H41NOS. The Hall–Kier alpha value is -7.20. The second kappa shape index (κ2) is 14.6. The summed E-state index contributed by atoms with van der Waals surface area (Å²) in [7, 11) is 0. The Kier molecular flexibility index (Phi) is 8.72. The van der Waals surface area contributed by atoms with Crippen molar-refractivity contribution in [1.82, 2.24) is 0 Å². The summed E-state index contributed by atoms with van der Waals surface area (Å²) in [6.45, 7) is 4.63. The van der Waals surface area contributed by atoms with Gasteiger partial charge in [-0.1, -0.05) is 159 Å². The van der Waals surface area contributed by atoms with Crippen molar-refractivity contribution in [3.8, 4) is 44.5 Å². The molecule has 1 aliphatic carbocycles. The third-order valence-corrected chi connectivity index (χ3v) is 13.3. The third kappa shape index (κ3) is 6.27. The molecular weight excluding hydrogens is 747 g/mol. The Balaban J connectivity index is 0.000000137. The summed E-state index contributed by atoms with van der Waals surface area (Å²) in [5.41, 5.74) is 17.0. The van der Waals surface area contributed by atoms with Crippen LogP contribution in [0, 0.1) is 0 Å². The standard InChI is InChI=1S/C30H18OS.C27H23N/c1-2-8-19(9-3-1)24-18-28-25(21-10-4-6-12-27(21)31-28)17-23(24)20-14-15-30-26(16-20)22-11-5-7-13-29(22)32-30;1-27(2)25-11-7-6-10-23(25)24-17-16-22(18-26(24)27)28-21-14-12-20(13-15-21)19-8-4-3-5-9-19/h1-18H;3-18,28H,1-2H3. The molecule has 2 nitrogen and oxygen atoms in total. The van der Waals surface area contributed by atoms with Crippen LogP contribution >= 0.6 is 11.3 Å². The molecule has 0 bridgehead atoms. The second-order valence-electron chi connectivity index (χ2n) is 16.2. The van der Waals surface area contributed by atoms with Crippen LogP contribution in [0.1, 0.15) is 25.0 Å². The molecule has 0 aliphatic heterocycles. The maximum Gasteiger partial charge on any atom is 0.136 e. The van der Waals surface area contributed by atoms with Gasteiger partial charge < -0.3 is 9.73 Å². The molecule has 1 N–H and O–H groups in total. The van der Waals surface area contributed by atoms with Gasteiger partial charge in [0.2, 0.25) is 0 Å². The number of furan rings is 1. The van der Waals surface area contributed by atoms with Crippen molar-refractivity contribution < 1.29 is 4.42 Å². The first-order valence-electron chi connectivity index (χ1n) is 20.6. The zero-order chi connectivity index (χ0) is 40.2. The summed E-state index contributed by atoms with van der Waals surface area (Å²) < 4.78 is 8.88. The highest BCUT2D eigenvalue weighted by molar-refractivity contribution is 7.25. The smallest absolute Gasteiger partial charge is 0.136 e. The van der Waals surface area contributed by atoms with E-state index >= 15 is 0 Å². The van der Waals surface area contributed by atoms with Crippen molar-refractivity contribution in [2.45, 2.75) is 19.3 Å². The zero-order valence-corrected chi connectivity index (χ0v) is 34.3. The molecule has 0 saturated carbocycles. The molecule has 1 aliphatic rings. The Morgan fingerprint density at radius 2 is 0.967 bits per heavy atom. The predicted molar refractivity (Wildman–Crippen MR) is 257 cm³/mol. The quantitative estimate of drug-likeness (QED) is 0.188. The van der Waals surface area contributed by atoms with Crippen LogP contribution in [0.25, 0.3) is 86.6 Å². The summed E-state index contributed by atoms with van der Waals surface area (Å²) in [5, 5.41) is 8.54. The summed E-state index contributed by atoms with van der Waals surface area (Å²) in [6.07, 6.45) is 0. The zero-order valence-electron chi connectivity index (χ0n) is 33.4. The molecule has 0 atom stereocenters. The lowest BCUT2D eigenvalue weighted by Gasteiger charge is -2.22. The number of hydrogen-bond acceptors (Lipinski definition) is 3. The Morgan fingerprint density at radius 1 is 0.367 bits per heavy atom. The average molecular weight is 788 g/mol. The van der Waals surface area contributed by atoms with Gasteiger partial charge in [0.05, 0.1) is 0 Å². The van der Waals surface area contributed by atoms with Crippen LogP contribution in [-0.2, 0) is 5.41 Å². The molecule has 3 heteroatoms. The van der Waals surface area contributed by atoms with Gasteiger partial charge in [0.25, 0.3) is 0 Å². The molecule has 11 aromatic rings. The number of rotatable bonds is 5. The number of benzene rings is 9. The molecule has 2 aromatic heterocycles. The summed E-state index contributed by atoms with van der Waals surface area (Å²) in [4.78, 5) is 0. The lowest BCUT2D eigenvalue weighted by atomic mass is 9.82. The number of hydrogen-bond donors (Lipinski definition) is 1. The topological polar surface area (TPSA) is 25.2 Å². The maximum absolute atomic E-state index is 6.22. The van der Waals surface area contributed by atoms with Crippen LogP contribution in [0.3, 0.4) is 0 Å². The van der Waals surface area contributed by atoms with Crippen molar-refractivity contribution in [2.24, 2.45) is 0 Å². The van der Waals surface area contributed by atoms with Gasteiger partial charge in [-0.15, -0.1) is 11.3 Å². The number of fused-ring (bicyclic) bond motifs is 9. The molecule has 0 fully saturated rings. The molecule has 9 aromatic carbocycles. The predicted octanol–water partition coefficient (Wildman–Crippen LogP) is 16.7. The van der Waals surface area contributed by atoms with Crippen molar-refractivity contribution in [3.63, 3.8) is 0 Å². The first kappa shape index (κ1) is 35.9. The summed E-state index contributed by atoms with van der Waals surface area (Å²) in [6, 6.07) is 73.6. The van der Waals surface area contributed by atoms with Crippen LogP contribution in [0.2, 0.25) is 0 Å². The van der Waals surface area contributed by atoms with Crippen LogP contribution in [-0.4, -0.2) is 0 Å². The summed E-state index contributed by atoms with van der Waals surface area (Å²) >= 11 is 1.86. The molecule has 60 heavy (non-hydrogen) atoms. The molecule has 0 unspecified atom stereocenters. The summed E-state index contributed by atoms with van der Waals surface area (Å²) in [5.74, 6) is 0. The first-order valence-corrected chi connectivity index (χ1v) is 21.4. The second-order valence-corrected chi connectivity index (χ2v) is 17.3. The number of nitrogens with one attached hydrogen (secondary N) is 1. The van der Waals surface area contributed by atoms with Gasteiger partial charge >= 0.3 is 0 Å². The van der Waals surface area contributed by atoms with E-state index in [1.54, 1.807) is 0 Å². The molecule has 12 rings (SSSR count). The molecule has 0 spiro atoms. The minimum Gasteiger partial charge on any atom is -0.456 e. The first-order chi connectivity index (χ1) is 29.5. The highest BCUT2D eigenvalue weighted by atomic mass is 32.1. The third-order valence-electron chi connectivity index (χ3n) is 12.2. The average Bonchev–Trinajstić information content (AvgIpc) is 3.94. The van der Waals surface area contributed by atoms with Gasteiger partial charge in [0.1, 0.15) is 11.2 Å². The van der Waals surface area contributed by atoms with Gasteiger partial charge in [0.15, 0.2) is 0 Å². The molecule has 0 amide bonds. The van der Waals surface area contributed by atoms with Gasteiger partial charge in [0, 0.05) is 47.7 Å². The fraction of sp³-hybridized carbons (Fsp3) is 0.0526. The highest BCUT2D eigenvalue weighted by Gasteiger charge is 2.35. The van der Waals surface area contributed by atoms with E-state index in [2.05, 4.69) is 207 Å². The minimum absolute atomic E-state index is 0.0286. The number of thiophene rings is 1. The Morgan fingerprint density at radius 3 is 1.78 bits per heavy atom. The van der Waals surface area contributed by atoms with E-state index < -0.39 is 0 Å². The van der Waals surface area contributed by atoms with E-state index in [1.807, 2.05) is 29.5 Å². The van der Waals surface area contributed by atoms with Crippen molar-refractivity contribution in [3.05, 3.63) is 217 Å². The molecule has 0 saturated heterocycles. The molecule has 0 radical (unpaired) electrons. The number of anilines is 2. The monoisotopic (exact) mass is 787 g/mol. The molecule has 286 valence electrons. The molecule has 2 heterocycles. The maximum atomic E-state index is 6.22. The van der Waals surface area contributed by atoms with Crippen LogP contribution in [0.4, 0.5) is 11.4 Å². The van der Waals surface area contributed by atoms with E-state index in [1.165, 1.54) is 75.8 Å². The van der Waals surface area contributed by atoms with Gasteiger partial charge in [-0.05, 0) is 116 Å². The highest BCUT2D eigenvalue weighted by Crippen LogP contribution is 2.49. The van der Waals surface area contributed by atoms with Crippen molar-refractivity contribution >= 4 is 64.8 Å². The van der Waals surface area contributed by atoms with Gasteiger partial charge in [-0.2, -0.15) is 0 Å². The van der Waals surface area contributed by atoms with E-state index in [0.717, 1.165) is 33.3 Å². The van der Waals surface area contributed by atoms with E-state index in [9.17, 15) is 0 Å². The fourth-order valence-corrected chi connectivity index (χ4v) is 10.2. The van der Waals surface area contributed by atoms with Crippen LogP contribution in [0.5, 0.6) is 0 Å². The Labute approximate surface area is 354 Å². The van der Waals surface area contributed by atoms with Crippen molar-refractivity contribution in [2.75, 3.05) is 5.32 Å². The normalized spacial score (nSPS) is 12.6. The number of para-hydroxylation sites is 1. The van der Waals surface area contributed by atoms with E-state index in [4.69, 9.17) is 4.42 Å². The van der Waals surface area contributed by atoms with Crippen LogP contribution in [0.15, 0.2) is 211 Å². The van der Waals surface area contributed by atoms with Crippen LogP contribution < -0.4 is 5.32 Å². The van der Waals surface area contributed by atoms with Crippen molar-refractivity contribution in [1.29, 1.82) is 0 Å². The largest absolute Gasteiger partial charge is 0.456 e. The Bertz CT molecular complexity index is 3360. The minimum atomic E-state index is 0.0286. The SMILES string of the molecule is CC1(C)c2ccccc2-c2ccc(Nc3ccc(-c4ccccc4)cc3)cc21.c1ccc(-c2cc3oc4ccccc4c3cc2-c2ccc3sc4ccccc4c3c2)cc1. The lowest BCUT2D eigenvalue weighted by molar-refractivity contribution is 0.660. The van der Waals surface area contributed by atoms with Gasteiger partial charge in [-0.25, -0.2) is 0 Å². The van der Waals surface area contributed by atoms with E-state index in [0.29, 0.717) is 0 Å². The van der Waals surface area contributed by atoms with E-state index in [-0.39, 0.29) is 5.41 Å². The fourth-order valence-electron chi connectivity index (χ4n) is 9.09.